The molecule has 25 rings (SSSR count). The maximum atomic E-state index is 16.0. The van der Waals surface area contributed by atoms with Gasteiger partial charge in [-0.25, -0.2) is 9.97 Å². The molecule has 0 amide bonds. The van der Waals surface area contributed by atoms with Gasteiger partial charge in [0.1, 0.15) is 11.3 Å². The molecule has 2 aliphatic rings. The number of para-hydroxylation sites is 4. The monoisotopic (exact) mass is 1680 g/mol. The molecule has 4 heterocycles. The standard InChI is InChI=1S/C62H39N2OP.C55H38N2O2P2/c65-66(44-15-3-1-4-16-44,45-17-5-2-6-18-45)46-33-35-51-50-34-31-43(38-56(50)62(57(51)39-46)54-23-11-9-20-48(54)49-21-10-12-24-55(49)62)41-29-27-40(28-30-41)42-32-36-59-53(37-42)47-19-7-8-22-52(47)61-63-58-25-13-14-26-60(58)64(59)61;58-60(43-15-5-1-6-16-43,44-17-7-2-8-18-44)47-31-25-39(26-32-47)41-29-35-49-50-36-30-42(38-54(50)57-53-24-14-13-23-52(53)56-55(57)51(49)37-41)40-27-33-48(34-28-40)61(59,45-19-9-3-10-20-45)46-21-11-4-12-22-46/h1-39H;1-38H. The Labute approximate surface area is 734 Å². The fourth-order valence-corrected chi connectivity index (χ4v) is 28.4. The molecule has 598 valence electrons. The molecule has 0 saturated heterocycles. The van der Waals surface area contributed by atoms with Crippen LogP contribution in [0.15, 0.2) is 467 Å². The highest BCUT2D eigenvalue weighted by Gasteiger charge is 2.52. The van der Waals surface area contributed by atoms with Crippen LogP contribution in [0.25, 0.3) is 143 Å². The first-order chi connectivity index (χ1) is 62.6. The minimum absolute atomic E-state index is 0.609. The van der Waals surface area contributed by atoms with Gasteiger partial charge in [-0.15, -0.1) is 0 Å². The smallest absolute Gasteiger partial charge is 0.171 e. The van der Waals surface area contributed by atoms with E-state index in [1.165, 1.54) is 60.8 Å². The van der Waals surface area contributed by atoms with E-state index < -0.39 is 26.8 Å². The number of hydrogen-bond acceptors (Lipinski definition) is 5. The van der Waals surface area contributed by atoms with Gasteiger partial charge >= 0.3 is 0 Å². The Bertz CT molecular complexity index is 8340. The third-order valence-electron chi connectivity index (χ3n) is 26.4. The molecule has 0 atom stereocenters. The number of pyridine rings is 2. The summed E-state index contributed by atoms with van der Waals surface area (Å²) in [6.45, 7) is 0. The lowest BCUT2D eigenvalue weighted by Crippen LogP contribution is -2.29. The van der Waals surface area contributed by atoms with Crippen molar-refractivity contribution in [2.24, 2.45) is 0 Å². The Morgan fingerprint density at radius 1 is 0.181 bits per heavy atom. The van der Waals surface area contributed by atoms with Crippen molar-refractivity contribution in [1.29, 1.82) is 0 Å². The molecule has 0 N–H and O–H groups in total. The summed E-state index contributed by atoms with van der Waals surface area (Å²) in [4.78, 5) is 10.3. The molecule has 0 radical (unpaired) electrons. The van der Waals surface area contributed by atoms with Crippen molar-refractivity contribution in [2.45, 2.75) is 5.41 Å². The molecule has 0 fully saturated rings. The van der Waals surface area contributed by atoms with Gasteiger partial charge in [0.05, 0.1) is 38.5 Å². The third kappa shape index (κ3) is 11.8. The van der Waals surface area contributed by atoms with Crippen LogP contribution in [0.3, 0.4) is 0 Å². The van der Waals surface area contributed by atoms with Gasteiger partial charge in [-0.3, -0.25) is 8.80 Å². The molecule has 19 aromatic carbocycles. The molecule has 23 aromatic rings. The fourth-order valence-electron chi connectivity index (χ4n) is 20.5. The second-order valence-corrected chi connectivity index (χ2v) is 41.4. The van der Waals surface area contributed by atoms with Crippen LogP contribution in [0.1, 0.15) is 22.3 Å². The van der Waals surface area contributed by atoms with Crippen molar-refractivity contribution in [1.82, 2.24) is 18.8 Å². The van der Waals surface area contributed by atoms with E-state index in [2.05, 4.69) is 264 Å². The number of nitrogens with zero attached hydrogens (tertiary/aromatic N) is 4. The largest absolute Gasteiger partial charge is 0.309 e. The highest BCUT2D eigenvalue weighted by Crippen LogP contribution is 2.64. The van der Waals surface area contributed by atoms with Crippen LogP contribution in [-0.2, 0) is 19.1 Å². The van der Waals surface area contributed by atoms with Crippen LogP contribution in [0.2, 0.25) is 0 Å². The van der Waals surface area contributed by atoms with Gasteiger partial charge in [-0.2, -0.15) is 0 Å². The quantitative estimate of drug-likeness (QED) is 0.0848. The summed E-state index contributed by atoms with van der Waals surface area (Å²) >= 11 is 0. The van der Waals surface area contributed by atoms with Gasteiger partial charge in [-0.1, -0.05) is 406 Å². The van der Waals surface area contributed by atoms with Crippen LogP contribution < -0.4 is 47.7 Å². The molecular weight excluding hydrogens is 1600 g/mol. The van der Waals surface area contributed by atoms with Crippen molar-refractivity contribution in [3.63, 3.8) is 0 Å². The zero-order chi connectivity index (χ0) is 84.5. The molecule has 2 aliphatic carbocycles. The second-order valence-electron chi connectivity index (χ2n) is 33.1. The minimum Gasteiger partial charge on any atom is -0.309 e. The van der Waals surface area contributed by atoms with E-state index in [0.29, 0.717) is 0 Å². The van der Waals surface area contributed by atoms with Crippen molar-refractivity contribution in [3.8, 4) is 66.8 Å². The third-order valence-corrected chi connectivity index (χ3v) is 35.7. The topological polar surface area (TPSA) is 85.8 Å². The highest BCUT2D eigenvalue weighted by molar-refractivity contribution is 7.86. The Balaban J connectivity index is 0.000000142. The maximum absolute atomic E-state index is 16.0. The van der Waals surface area contributed by atoms with Crippen molar-refractivity contribution in [2.75, 3.05) is 0 Å². The molecule has 0 bridgehead atoms. The molecule has 0 unspecified atom stereocenters. The van der Waals surface area contributed by atoms with Gasteiger partial charge < -0.3 is 13.7 Å². The number of benzene rings is 19. The van der Waals surface area contributed by atoms with E-state index in [1.54, 1.807) is 0 Å². The number of rotatable bonds is 13. The average molecular weight is 1680 g/mol. The minimum atomic E-state index is -3.27. The predicted molar refractivity (Wildman–Crippen MR) is 532 cm³/mol. The van der Waals surface area contributed by atoms with Crippen molar-refractivity contribution in [3.05, 3.63) is 489 Å². The molecule has 10 heteroatoms. The van der Waals surface area contributed by atoms with Gasteiger partial charge in [0.2, 0.25) is 0 Å². The molecule has 0 saturated carbocycles. The molecule has 0 aliphatic heterocycles. The van der Waals surface area contributed by atoms with Crippen LogP contribution >= 0.6 is 21.4 Å². The highest BCUT2D eigenvalue weighted by atomic mass is 31.2. The van der Waals surface area contributed by atoms with E-state index in [1.807, 2.05) is 212 Å². The molecular formula is C117H77N4O3P3. The van der Waals surface area contributed by atoms with Gasteiger partial charge in [0.15, 0.2) is 21.4 Å². The van der Waals surface area contributed by atoms with Crippen LogP contribution in [0, 0.1) is 0 Å². The summed E-state index contributed by atoms with van der Waals surface area (Å²) < 4.78 is 50.7. The zero-order valence-corrected chi connectivity index (χ0v) is 71.5. The Hall–Kier alpha value is -15.2. The number of fused-ring (bicyclic) bond motifs is 26. The van der Waals surface area contributed by atoms with Crippen molar-refractivity contribution < 1.29 is 13.7 Å². The van der Waals surface area contributed by atoms with Gasteiger partial charge in [0, 0.05) is 69.3 Å². The maximum Gasteiger partial charge on any atom is 0.171 e. The summed E-state index contributed by atoms with van der Waals surface area (Å²) in [5, 5.41) is 14.2. The van der Waals surface area contributed by atoms with E-state index in [0.717, 1.165) is 153 Å². The van der Waals surface area contributed by atoms with Crippen LogP contribution in [-0.4, -0.2) is 18.8 Å². The zero-order valence-electron chi connectivity index (χ0n) is 68.8. The Kier molecular flexibility index (Phi) is 17.9. The van der Waals surface area contributed by atoms with E-state index in [4.69, 9.17) is 9.97 Å². The lowest BCUT2D eigenvalue weighted by molar-refractivity contribution is 0.591. The Morgan fingerprint density at radius 3 is 0.961 bits per heavy atom. The molecule has 7 nitrogen and oxygen atoms in total. The van der Waals surface area contributed by atoms with Crippen molar-refractivity contribution >= 4 is 146 Å². The number of hydrogen-bond donors (Lipinski definition) is 0. The van der Waals surface area contributed by atoms with Crippen LogP contribution in [0.4, 0.5) is 0 Å². The lowest BCUT2D eigenvalue weighted by Gasteiger charge is -2.31. The number of imidazole rings is 2. The summed E-state index contributed by atoms with van der Waals surface area (Å²) in [7, 11) is -9.45. The van der Waals surface area contributed by atoms with Gasteiger partial charge in [0.25, 0.3) is 0 Å². The Morgan fingerprint density at radius 2 is 0.480 bits per heavy atom. The summed E-state index contributed by atoms with van der Waals surface area (Å²) in [6.07, 6.45) is 0. The molecule has 1 spiro atoms. The molecule has 4 aromatic heterocycles. The van der Waals surface area contributed by atoms with Gasteiger partial charge in [-0.05, 0) is 160 Å². The van der Waals surface area contributed by atoms with Crippen LogP contribution in [0.5, 0.6) is 0 Å². The predicted octanol–water partition coefficient (Wildman–Crippen LogP) is 25.5. The summed E-state index contributed by atoms with van der Waals surface area (Å²) in [6, 6.07) is 162. The van der Waals surface area contributed by atoms with E-state index in [-0.39, 0.29) is 0 Å². The first-order valence-electron chi connectivity index (χ1n) is 43.1. The average Bonchev–Trinajstić information content (AvgIpc) is 1.50. The first kappa shape index (κ1) is 75.5. The lowest BCUT2D eigenvalue weighted by atomic mass is 9.70. The molecule has 127 heavy (non-hydrogen) atoms. The summed E-state index contributed by atoms with van der Waals surface area (Å²) in [5.41, 5.74) is 26.2. The normalized spacial score (nSPS) is 12.7. The fraction of sp³-hybridized carbons (Fsp3) is 0.00855. The SMILES string of the molecule is O=P(c1ccccc1)(c1ccccc1)c1ccc(-c2ccc3c4ccc(-c5ccc(P(=O)(c6ccccc6)c6ccccc6)cc5)cc4n4c5ccccc5nc4c3c2)cc1.O=P(c1ccccc1)(c1ccccc1)c1ccc2c(c1)C1(c3ccccc3-c3ccccc31)c1cc(-c3ccc(-c4ccc5c(c4)c4ccccc4c4nc6ccccc6n54)cc3)ccc1-2. The summed E-state index contributed by atoms with van der Waals surface area (Å²) in [5.74, 6) is 0. The van der Waals surface area contributed by atoms with E-state index >= 15 is 13.7 Å². The second kappa shape index (κ2) is 30.1. The first-order valence-corrected chi connectivity index (χ1v) is 48.2. The van der Waals surface area contributed by atoms with E-state index in [9.17, 15) is 0 Å². The number of aromatic nitrogens is 4.